The van der Waals surface area contributed by atoms with Crippen molar-refractivity contribution >= 4 is 0 Å². The lowest BCUT2D eigenvalue weighted by atomic mass is 9.94. The molecule has 1 N–H and O–H groups in total. The van der Waals surface area contributed by atoms with E-state index in [4.69, 9.17) is 0 Å². The summed E-state index contributed by atoms with van der Waals surface area (Å²) in [5.74, 6) is 0.678. The molecule has 0 spiro atoms. The number of benzene rings is 1. The Labute approximate surface area is 92.9 Å². The maximum atomic E-state index is 3.58. The van der Waals surface area contributed by atoms with Crippen molar-refractivity contribution in [3.05, 3.63) is 35.4 Å². The molecule has 1 nitrogen and oxygen atoms in total. The van der Waals surface area contributed by atoms with Gasteiger partial charge in [-0.25, -0.2) is 0 Å². The molecule has 0 amide bonds. The SMILES string of the molecule is Cc1ccccc1C(C)CCNC1CC1. The highest BCUT2D eigenvalue weighted by atomic mass is 14.9. The monoisotopic (exact) mass is 203 g/mol. The topological polar surface area (TPSA) is 12.0 Å². The summed E-state index contributed by atoms with van der Waals surface area (Å²) in [4.78, 5) is 0. The summed E-state index contributed by atoms with van der Waals surface area (Å²) in [7, 11) is 0. The van der Waals surface area contributed by atoms with E-state index in [2.05, 4.69) is 43.4 Å². The van der Waals surface area contributed by atoms with E-state index in [1.807, 2.05) is 0 Å². The van der Waals surface area contributed by atoms with Crippen LogP contribution in [0.1, 0.15) is 43.2 Å². The largest absolute Gasteiger partial charge is 0.314 e. The van der Waals surface area contributed by atoms with Gasteiger partial charge >= 0.3 is 0 Å². The standard InChI is InChI=1S/C14H21N/c1-11-5-3-4-6-14(11)12(2)9-10-15-13-7-8-13/h3-6,12-13,15H,7-10H2,1-2H3. The molecule has 15 heavy (non-hydrogen) atoms. The Balaban J connectivity index is 1.83. The molecule has 0 radical (unpaired) electrons. The molecule has 1 aliphatic rings. The van der Waals surface area contributed by atoms with Gasteiger partial charge in [-0.05, 0) is 49.8 Å². The highest BCUT2D eigenvalue weighted by Gasteiger charge is 2.20. The number of rotatable bonds is 5. The Bertz CT molecular complexity index is 315. The smallest absolute Gasteiger partial charge is 0.00682 e. The van der Waals surface area contributed by atoms with E-state index in [0.717, 1.165) is 6.04 Å². The molecule has 1 aromatic carbocycles. The van der Waals surface area contributed by atoms with Gasteiger partial charge in [0.15, 0.2) is 0 Å². The molecule has 1 saturated carbocycles. The third-order valence-corrected chi connectivity index (χ3v) is 3.31. The number of nitrogens with one attached hydrogen (secondary N) is 1. The van der Waals surface area contributed by atoms with E-state index in [1.54, 1.807) is 0 Å². The van der Waals surface area contributed by atoms with Gasteiger partial charge in [0.25, 0.3) is 0 Å². The van der Waals surface area contributed by atoms with Gasteiger partial charge in [0, 0.05) is 6.04 Å². The lowest BCUT2D eigenvalue weighted by molar-refractivity contribution is 0.590. The first-order chi connectivity index (χ1) is 7.27. The normalized spacial score (nSPS) is 17.7. The third kappa shape index (κ3) is 3.07. The first-order valence-electron chi connectivity index (χ1n) is 6.06. The molecule has 0 bridgehead atoms. The zero-order chi connectivity index (χ0) is 10.7. The zero-order valence-electron chi connectivity index (χ0n) is 9.79. The van der Waals surface area contributed by atoms with Crippen LogP contribution >= 0.6 is 0 Å². The highest BCUT2D eigenvalue weighted by Crippen LogP contribution is 2.23. The molecular weight excluding hydrogens is 182 g/mol. The first-order valence-corrected chi connectivity index (χ1v) is 6.06. The molecule has 1 aromatic rings. The summed E-state index contributed by atoms with van der Waals surface area (Å²) in [5, 5.41) is 3.58. The van der Waals surface area contributed by atoms with Gasteiger partial charge in [-0.2, -0.15) is 0 Å². The van der Waals surface area contributed by atoms with Crippen molar-refractivity contribution in [3.8, 4) is 0 Å². The molecule has 1 aliphatic carbocycles. The van der Waals surface area contributed by atoms with Crippen molar-refractivity contribution in [2.75, 3.05) is 6.54 Å². The molecule has 0 saturated heterocycles. The van der Waals surface area contributed by atoms with Crippen LogP contribution in [0.25, 0.3) is 0 Å². The van der Waals surface area contributed by atoms with Crippen molar-refractivity contribution < 1.29 is 0 Å². The Morgan fingerprint density at radius 1 is 1.33 bits per heavy atom. The van der Waals surface area contributed by atoms with Crippen LogP contribution in [0.4, 0.5) is 0 Å². The van der Waals surface area contributed by atoms with Crippen molar-refractivity contribution in [1.82, 2.24) is 5.32 Å². The molecule has 2 rings (SSSR count). The predicted molar refractivity (Wildman–Crippen MR) is 65.2 cm³/mol. The molecule has 0 aliphatic heterocycles. The van der Waals surface area contributed by atoms with Crippen LogP contribution < -0.4 is 5.32 Å². The summed E-state index contributed by atoms with van der Waals surface area (Å²) >= 11 is 0. The second kappa shape index (κ2) is 4.80. The molecular formula is C14H21N. The van der Waals surface area contributed by atoms with Gasteiger partial charge < -0.3 is 5.32 Å². The Hall–Kier alpha value is -0.820. The van der Waals surface area contributed by atoms with Crippen LogP contribution in [0.3, 0.4) is 0 Å². The summed E-state index contributed by atoms with van der Waals surface area (Å²) in [6.45, 7) is 5.71. The van der Waals surface area contributed by atoms with Crippen LogP contribution in [0, 0.1) is 6.92 Å². The summed E-state index contributed by atoms with van der Waals surface area (Å²) in [6, 6.07) is 9.58. The minimum absolute atomic E-state index is 0.678. The van der Waals surface area contributed by atoms with Gasteiger partial charge in [-0.1, -0.05) is 31.2 Å². The quantitative estimate of drug-likeness (QED) is 0.774. The molecule has 1 fully saturated rings. The van der Waals surface area contributed by atoms with E-state index < -0.39 is 0 Å². The lowest BCUT2D eigenvalue weighted by Gasteiger charge is -2.14. The molecule has 1 atom stereocenters. The van der Waals surface area contributed by atoms with Crippen LogP contribution in [0.5, 0.6) is 0 Å². The minimum atomic E-state index is 0.678. The maximum absolute atomic E-state index is 3.58. The van der Waals surface area contributed by atoms with E-state index in [1.165, 1.54) is 36.9 Å². The van der Waals surface area contributed by atoms with Gasteiger partial charge in [-0.15, -0.1) is 0 Å². The number of aryl methyl sites for hydroxylation is 1. The zero-order valence-corrected chi connectivity index (χ0v) is 9.79. The Kier molecular flexibility index (Phi) is 3.42. The molecule has 0 aromatic heterocycles. The number of hydrogen-bond acceptors (Lipinski definition) is 1. The van der Waals surface area contributed by atoms with Gasteiger partial charge in [0.05, 0.1) is 0 Å². The lowest BCUT2D eigenvalue weighted by Crippen LogP contribution is -2.19. The third-order valence-electron chi connectivity index (χ3n) is 3.31. The van der Waals surface area contributed by atoms with Gasteiger partial charge in [0.2, 0.25) is 0 Å². The Morgan fingerprint density at radius 2 is 2.07 bits per heavy atom. The van der Waals surface area contributed by atoms with E-state index in [0.29, 0.717) is 5.92 Å². The fraction of sp³-hybridized carbons (Fsp3) is 0.571. The van der Waals surface area contributed by atoms with Gasteiger partial charge in [-0.3, -0.25) is 0 Å². The first kappa shape index (κ1) is 10.7. The van der Waals surface area contributed by atoms with Crippen molar-refractivity contribution in [2.45, 2.75) is 45.1 Å². The average molecular weight is 203 g/mol. The van der Waals surface area contributed by atoms with E-state index in [9.17, 15) is 0 Å². The fourth-order valence-electron chi connectivity index (χ4n) is 2.09. The Morgan fingerprint density at radius 3 is 2.73 bits per heavy atom. The molecule has 82 valence electrons. The van der Waals surface area contributed by atoms with Gasteiger partial charge in [0.1, 0.15) is 0 Å². The molecule has 1 unspecified atom stereocenters. The second-order valence-corrected chi connectivity index (χ2v) is 4.77. The summed E-state index contributed by atoms with van der Waals surface area (Å²) in [5.41, 5.74) is 2.94. The van der Waals surface area contributed by atoms with Crippen LogP contribution in [-0.2, 0) is 0 Å². The van der Waals surface area contributed by atoms with Crippen LogP contribution in [0.15, 0.2) is 24.3 Å². The highest BCUT2D eigenvalue weighted by molar-refractivity contribution is 5.28. The van der Waals surface area contributed by atoms with Crippen molar-refractivity contribution in [1.29, 1.82) is 0 Å². The van der Waals surface area contributed by atoms with Crippen LogP contribution in [-0.4, -0.2) is 12.6 Å². The van der Waals surface area contributed by atoms with Crippen molar-refractivity contribution in [3.63, 3.8) is 0 Å². The maximum Gasteiger partial charge on any atom is 0.00682 e. The predicted octanol–water partition coefficient (Wildman–Crippen LogP) is 3.24. The fourth-order valence-corrected chi connectivity index (χ4v) is 2.09. The molecule has 1 heteroatoms. The average Bonchev–Trinajstić information content (AvgIpc) is 3.02. The summed E-state index contributed by atoms with van der Waals surface area (Å²) < 4.78 is 0. The minimum Gasteiger partial charge on any atom is -0.314 e. The second-order valence-electron chi connectivity index (χ2n) is 4.77. The van der Waals surface area contributed by atoms with E-state index >= 15 is 0 Å². The van der Waals surface area contributed by atoms with E-state index in [-0.39, 0.29) is 0 Å². The van der Waals surface area contributed by atoms with Crippen LogP contribution in [0.2, 0.25) is 0 Å². The summed E-state index contributed by atoms with van der Waals surface area (Å²) in [6.07, 6.45) is 4.03. The number of hydrogen-bond donors (Lipinski definition) is 1. The molecule has 0 heterocycles. The van der Waals surface area contributed by atoms with Crippen molar-refractivity contribution in [2.24, 2.45) is 0 Å².